The van der Waals surface area contributed by atoms with Crippen molar-refractivity contribution in [3.63, 3.8) is 0 Å². The molecule has 26 heavy (non-hydrogen) atoms. The second kappa shape index (κ2) is 9.90. The maximum absolute atomic E-state index is 12.9. The molecule has 0 saturated carbocycles. The third kappa shape index (κ3) is 5.57. The standard InChI is InChI=1S/C19H29N3O2.2ClH/c1-19(2)14-22(9-8-17(19)20)18(23)16-13-21(10-11-24-16)12-15-6-4-3-5-7-15;;/h3-7,16-17H,8-14,20H2,1-2H3;2*1H. The molecule has 2 unspecified atom stereocenters. The fourth-order valence-electron chi connectivity index (χ4n) is 3.60. The van der Waals surface area contributed by atoms with E-state index in [1.54, 1.807) is 0 Å². The SMILES string of the molecule is CC1(C)CN(C(=O)C2CN(Cc3ccccc3)CCO2)CCC1N.Cl.Cl. The highest BCUT2D eigenvalue weighted by atomic mass is 35.5. The Kier molecular flexibility index (Phi) is 8.83. The summed E-state index contributed by atoms with van der Waals surface area (Å²) in [6.07, 6.45) is 0.506. The smallest absolute Gasteiger partial charge is 0.253 e. The van der Waals surface area contributed by atoms with Gasteiger partial charge in [-0.2, -0.15) is 0 Å². The lowest BCUT2D eigenvalue weighted by atomic mass is 9.79. The first-order chi connectivity index (χ1) is 11.5. The lowest BCUT2D eigenvalue weighted by Gasteiger charge is -2.44. The quantitative estimate of drug-likeness (QED) is 0.840. The number of amides is 1. The van der Waals surface area contributed by atoms with Gasteiger partial charge in [0.25, 0.3) is 5.91 Å². The molecule has 3 rings (SSSR count). The van der Waals surface area contributed by atoms with Gasteiger partial charge in [-0.1, -0.05) is 44.2 Å². The summed E-state index contributed by atoms with van der Waals surface area (Å²) in [5.41, 5.74) is 7.42. The summed E-state index contributed by atoms with van der Waals surface area (Å²) in [7, 11) is 0. The summed E-state index contributed by atoms with van der Waals surface area (Å²) < 4.78 is 5.79. The van der Waals surface area contributed by atoms with Crippen LogP contribution in [0.15, 0.2) is 30.3 Å². The molecule has 2 N–H and O–H groups in total. The van der Waals surface area contributed by atoms with Crippen molar-refractivity contribution in [3.05, 3.63) is 35.9 Å². The summed E-state index contributed by atoms with van der Waals surface area (Å²) >= 11 is 0. The van der Waals surface area contributed by atoms with E-state index in [-0.39, 0.29) is 48.3 Å². The van der Waals surface area contributed by atoms with Crippen LogP contribution >= 0.6 is 24.8 Å². The lowest BCUT2D eigenvalue weighted by Crippen LogP contribution is -2.58. The molecular formula is C19H31Cl2N3O2. The van der Waals surface area contributed by atoms with Gasteiger partial charge >= 0.3 is 0 Å². The zero-order valence-corrected chi connectivity index (χ0v) is 17.2. The second-order valence-electron chi connectivity index (χ2n) is 7.72. The van der Waals surface area contributed by atoms with Crippen LogP contribution in [0.5, 0.6) is 0 Å². The third-order valence-electron chi connectivity index (χ3n) is 5.30. The van der Waals surface area contributed by atoms with Gasteiger partial charge in [-0.25, -0.2) is 0 Å². The molecule has 1 amide bonds. The van der Waals surface area contributed by atoms with Crippen molar-refractivity contribution in [3.8, 4) is 0 Å². The van der Waals surface area contributed by atoms with Crippen molar-refractivity contribution in [2.45, 2.75) is 39.0 Å². The molecule has 0 aliphatic carbocycles. The fourth-order valence-corrected chi connectivity index (χ4v) is 3.60. The normalized spacial score (nSPS) is 25.7. The van der Waals surface area contributed by atoms with Gasteiger partial charge in [0.15, 0.2) is 0 Å². The van der Waals surface area contributed by atoms with Gasteiger partial charge in [-0.05, 0) is 17.4 Å². The van der Waals surface area contributed by atoms with E-state index in [9.17, 15) is 4.79 Å². The number of ether oxygens (including phenoxy) is 1. The van der Waals surface area contributed by atoms with Crippen molar-refractivity contribution in [1.29, 1.82) is 0 Å². The van der Waals surface area contributed by atoms with Crippen LogP contribution in [-0.2, 0) is 16.1 Å². The van der Waals surface area contributed by atoms with Crippen LogP contribution in [0.3, 0.4) is 0 Å². The number of nitrogens with two attached hydrogens (primary N) is 1. The van der Waals surface area contributed by atoms with Crippen molar-refractivity contribution < 1.29 is 9.53 Å². The average molecular weight is 404 g/mol. The van der Waals surface area contributed by atoms with E-state index in [4.69, 9.17) is 10.5 Å². The highest BCUT2D eigenvalue weighted by molar-refractivity contribution is 5.85. The van der Waals surface area contributed by atoms with E-state index in [2.05, 4.69) is 43.0 Å². The van der Waals surface area contributed by atoms with Gasteiger partial charge in [0.2, 0.25) is 0 Å². The molecule has 2 saturated heterocycles. The zero-order valence-electron chi connectivity index (χ0n) is 15.6. The molecule has 2 aliphatic heterocycles. The van der Waals surface area contributed by atoms with Gasteiger partial charge in [0.1, 0.15) is 6.10 Å². The minimum atomic E-state index is -0.354. The number of carbonyl (C=O) groups excluding carboxylic acids is 1. The van der Waals surface area contributed by atoms with E-state index in [0.717, 1.165) is 26.1 Å². The maximum Gasteiger partial charge on any atom is 0.253 e. The number of likely N-dealkylation sites (tertiary alicyclic amines) is 1. The summed E-state index contributed by atoms with van der Waals surface area (Å²) in [5, 5.41) is 0. The molecule has 0 bridgehead atoms. The number of morpholine rings is 1. The highest BCUT2D eigenvalue weighted by Gasteiger charge is 2.38. The Bertz CT molecular complexity index is 571. The topological polar surface area (TPSA) is 58.8 Å². The lowest BCUT2D eigenvalue weighted by molar-refractivity contribution is -0.153. The van der Waals surface area contributed by atoms with Gasteiger partial charge in [0, 0.05) is 38.8 Å². The Labute approximate surface area is 169 Å². The summed E-state index contributed by atoms with van der Waals surface area (Å²) in [4.78, 5) is 17.1. The van der Waals surface area contributed by atoms with Crippen molar-refractivity contribution >= 4 is 30.7 Å². The van der Waals surface area contributed by atoms with Gasteiger partial charge < -0.3 is 15.4 Å². The van der Waals surface area contributed by atoms with Crippen molar-refractivity contribution in [1.82, 2.24) is 9.80 Å². The predicted octanol–water partition coefficient (Wildman–Crippen LogP) is 2.32. The molecule has 2 heterocycles. The zero-order chi connectivity index (χ0) is 17.2. The number of hydrogen-bond donors (Lipinski definition) is 1. The van der Waals surface area contributed by atoms with Crippen LogP contribution in [0, 0.1) is 5.41 Å². The Balaban J connectivity index is 0.00000169. The molecule has 148 valence electrons. The van der Waals surface area contributed by atoms with E-state index >= 15 is 0 Å². The van der Waals surface area contributed by atoms with Crippen molar-refractivity contribution in [2.24, 2.45) is 11.1 Å². The number of carbonyl (C=O) groups is 1. The summed E-state index contributed by atoms with van der Waals surface area (Å²) in [6, 6.07) is 10.5. The van der Waals surface area contributed by atoms with E-state index in [0.29, 0.717) is 19.7 Å². The maximum atomic E-state index is 12.9. The summed E-state index contributed by atoms with van der Waals surface area (Å²) in [5.74, 6) is 0.118. The molecule has 2 atom stereocenters. The first-order valence-corrected chi connectivity index (χ1v) is 8.88. The summed E-state index contributed by atoms with van der Waals surface area (Å²) in [6.45, 7) is 8.74. The molecule has 1 aromatic rings. The van der Waals surface area contributed by atoms with Crippen LogP contribution in [0.25, 0.3) is 0 Å². The van der Waals surface area contributed by atoms with Gasteiger partial charge in [0.05, 0.1) is 6.61 Å². The van der Waals surface area contributed by atoms with Crippen LogP contribution in [0.2, 0.25) is 0 Å². The van der Waals surface area contributed by atoms with E-state index < -0.39 is 0 Å². The molecule has 1 aromatic carbocycles. The van der Waals surface area contributed by atoms with E-state index in [1.807, 2.05) is 11.0 Å². The predicted molar refractivity (Wildman–Crippen MR) is 109 cm³/mol. The monoisotopic (exact) mass is 403 g/mol. The Morgan fingerprint density at radius 3 is 2.58 bits per heavy atom. The van der Waals surface area contributed by atoms with Gasteiger partial charge in [-0.15, -0.1) is 24.8 Å². The van der Waals surface area contributed by atoms with Gasteiger partial charge in [-0.3, -0.25) is 9.69 Å². The molecule has 2 fully saturated rings. The largest absolute Gasteiger partial charge is 0.366 e. The number of hydrogen-bond acceptors (Lipinski definition) is 4. The number of rotatable bonds is 3. The third-order valence-corrected chi connectivity index (χ3v) is 5.30. The Morgan fingerprint density at radius 1 is 1.23 bits per heavy atom. The molecule has 0 radical (unpaired) electrons. The number of benzene rings is 1. The first kappa shape index (κ1) is 23.2. The Morgan fingerprint density at radius 2 is 1.92 bits per heavy atom. The van der Waals surface area contributed by atoms with Crippen LogP contribution < -0.4 is 5.73 Å². The minimum absolute atomic E-state index is 0. The second-order valence-corrected chi connectivity index (χ2v) is 7.72. The average Bonchev–Trinajstić information content (AvgIpc) is 2.58. The molecule has 0 aromatic heterocycles. The molecule has 7 heteroatoms. The molecule has 2 aliphatic rings. The molecule has 5 nitrogen and oxygen atoms in total. The first-order valence-electron chi connectivity index (χ1n) is 8.88. The molecular weight excluding hydrogens is 373 g/mol. The van der Waals surface area contributed by atoms with Crippen LogP contribution in [0.1, 0.15) is 25.8 Å². The van der Waals surface area contributed by atoms with Crippen LogP contribution in [0.4, 0.5) is 0 Å². The van der Waals surface area contributed by atoms with Crippen molar-refractivity contribution in [2.75, 3.05) is 32.8 Å². The number of piperidine rings is 1. The number of halogens is 2. The van der Waals surface area contributed by atoms with E-state index in [1.165, 1.54) is 5.56 Å². The van der Waals surface area contributed by atoms with Crippen LogP contribution in [-0.4, -0.2) is 60.6 Å². The minimum Gasteiger partial charge on any atom is -0.366 e. The fraction of sp³-hybridized carbons (Fsp3) is 0.632. The highest BCUT2D eigenvalue weighted by Crippen LogP contribution is 2.28. The Hall–Kier alpha value is -0.850. The number of nitrogens with zero attached hydrogens (tertiary/aromatic N) is 2. The molecule has 0 spiro atoms.